The maximum absolute atomic E-state index is 5.98. The Morgan fingerprint density at radius 2 is 1.71 bits per heavy atom. The smallest absolute Gasteiger partial charge is 0.148 e. The van der Waals surface area contributed by atoms with Gasteiger partial charge in [0.05, 0.1) is 8.95 Å². The zero-order valence-corrected chi connectivity index (χ0v) is 16.6. The lowest BCUT2D eigenvalue weighted by Crippen LogP contribution is -2.43. The molecule has 0 aliphatic carbocycles. The van der Waals surface area contributed by atoms with E-state index in [1.807, 2.05) is 18.2 Å². The van der Waals surface area contributed by atoms with Crippen LogP contribution >= 0.6 is 31.9 Å². The molecule has 127 valence electrons. The molecule has 1 aliphatic rings. The predicted octanol–water partition coefficient (Wildman–Crippen LogP) is 4.25. The Hall–Kier alpha value is -0.880. The van der Waals surface area contributed by atoms with Gasteiger partial charge in [0.15, 0.2) is 0 Å². The van der Waals surface area contributed by atoms with E-state index in [0.717, 1.165) is 53.0 Å². The van der Waals surface area contributed by atoms with Crippen LogP contribution in [-0.4, -0.2) is 37.6 Å². The van der Waals surface area contributed by atoms with Gasteiger partial charge in [0.1, 0.15) is 12.4 Å². The second kappa shape index (κ2) is 8.99. The van der Waals surface area contributed by atoms with E-state index in [0.29, 0.717) is 6.61 Å². The number of hydrogen-bond acceptors (Lipinski definition) is 3. The minimum atomic E-state index is 0.557. The molecule has 3 rings (SSSR count). The number of rotatable bonds is 6. The lowest BCUT2D eigenvalue weighted by atomic mass is 10.1. The number of benzene rings is 2. The Bertz CT molecular complexity index is 635. The number of nitrogens with zero attached hydrogens (tertiary/aromatic N) is 1. The second-order valence-electron chi connectivity index (χ2n) is 5.84. The van der Waals surface area contributed by atoms with Crippen molar-refractivity contribution in [3.63, 3.8) is 0 Å². The summed E-state index contributed by atoms with van der Waals surface area (Å²) in [6, 6.07) is 14.4. The van der Waals surface area contributed by atoms with Gasteiger partial charge in [0.2, 0.25) is 0 Å². The van der Waals surface area contributed by atoms with Crippen LogP contribution in [0.25, 0.3) is 0 Å². The molecule has 0 unspecified atom stereocenters. The molecular weight excluding hydrogens is 432 g/mol. The highest BCUT2D eigenvalue weighted by Gasteiger charge is 2.12. The van der Waals surface area contributed by atoms with E-state index in [-0.39, 0.29) is 0 Å². The maximum Gasteiger partial charge on any atom is 0.148 e. The zero-order valence-electron chi connectivity index (χ0n) is 13.5. The third kappa shape index (κ3) is 5.06. The van der Waals surface area contributed by atoms with Gasteiger partial charge in [-0.1, -0.05) is 30.3 Å². The highest BCUT2D eigenvalue weighted by atomic mass is 79.9. The van der Waals surface area contributed by atoms with Crippen LogP contribution < -0.4 is 10.1 Å². The van der Waals surface area contributed by atoms with Crippen molar-refractivity contribution in [3.05, 3.63) is 69.0 Å². The summed E-state index contributed by atoms with van der Waals surface area (Å²) in [5.74, 6) is 0.846. The van der Waals surface area contributed by atoms with E-state index < -0.39 is 0 Å². The van der Waals surface area contributed by atoms with E-state index in [1.54, 1.807) is 0 Å². The fourth-order valence-electron chi connectivity index (χ4n) is 2.69. The number of piperazine rings is 1. The molecule has 0 amide bonds. The largest absolute Gasteiger partial charge is 0.487 e. The van der Waals surface area contributed by atoms with Gasteiger partial charge >= 0.3 is 0 Å². The highest BCUT2D eigenvalue weighted by molar-refractivity contribution is 9.11. The van der Waals surface area contributed by atoms with Crippen molar-refractivity contribution in [3.8, 4) is 5.75 Å². The molecule has 2 aromatic carbocycles. The summed E-state index contributed by atoms with van der Waals surface area (Å²) < 4.78 is 7.92. The predicted molar refractivity (Wildman–Crippen MR) is 105 cm³/mol. The molecule has 0 atom stereocenters. The minimum Gasteiger partial charge on any atom is -0.487 e. The quantitative estimate of drug-likeness (QED) is 0.708. The number of ether oxygens (including phenoxy) is 1. The van der Waals surface area contributed by atoms with Crippen LogP contribution in [0.5, 0.6) is 5.75 Å². The molecule has 1 aliphatic heterocycles. The first-order valence-electron chi connectivity index (χ1n) is 8.14. The SMILES string of the molecule is Brc1cc([CH]CN2CCNCC2)cc(Br)c1OCc1ccccc1. The van der Waals surface area contributed by atoms with Crippen molar-refractivity contribution in [2.24, 2.45) is 0 Å². The minimum absolute atomic E-state index is 0.557. The number of halogens is 2. The Morgan fingerprint density at radius 3 is 2.38 bits per heavy atom. The van der Waals surface area contributed by atoms with Gasteiger partial charge < -0.3 is 15.0 Å². The summed E-state index contributed by atoms with van der Waals surface area (Å²) >= 11 is 7.28. The van der Waals surface area contributed by atoms with Crippen LogP contribution in [0.1, 0.15) is 11.1 Å². The highest BCUT2D eigenvalue weighted by Crippen LogP contribution is 2.35. The average Bonchev–Trinajstić information content (AvgIpc) is 2.61. The van der Waals surface area contributed by atoms with E-state index in [9.17, 15) is 0 Å². The fraction of sp³-hybridized carbons (Fsp3) is 0.316. The molecule has 1 N–H and O–H groups in total. The van der Waals surface area contributed by atoms with Gasteiger partial charge in [-0.25, -0.2) is 0 Å². The average molecular weight is 453 g/mol. The lowest BCUT2D eigenvalue weighted by molar-refractivity contribution is 0.259. The summed E-state index contributed by atoms with van der Waals surface area (Å²) in [7, 11) is 0. The van der Waals surface area contributed by atoms with Gasteiger partial charge in [-0.05, 0) is 55.1 Å². The molecular formula is C19H21Br2N2O. The molecule has 1 fully saturated rings. The van der Waals surface area contributed by atoms with Crippen LogP contribution in [0.4, 0.5) is 0 Å². The molecule has 1 heterocycles. The van der Waals surface area contributed by atoms with Crippen LogP contribution in [0.3, 0.4) is 0 Å². The molecule has 3 nitrogen and oxygen atoms in total. The van der Waals surface area contributed by atoms with Gasteiger partial charge in [0.25, 0.3) is 0 Å². The monoisotopic (exact) mass is 451 g/mol. The summed E-state index contributed by atoms with van der Waals surface area (Å²) in [5, 5.41) is 3.38. The third-order valence-electron chi connectivity index (χ3n) is 4.04. The van der Waals surface area contributed by atoms with Gasteiger partial charge in [-0.2, -0.15) is 0 Å². The van der Waals surface area contributed by atoms with Crippen LogP contribution in [0, 0.1) is 6.42 Å². The van der Waals surface area contributed by atoms with E-state index in [2.05, 4.69) is 72.8 Å². The zero-order chi connectivity index (χ0) is 16.8. The molecule has 1 saturated heterocycles. The first kappa shape index (κ1) is 17.9. The maximum atomic E-state index is 5.98. The standard InChI is InChI=1S/C19H21Br2N2O/c20-17-12-16(6-9-23-10-7-22-8-11-23)13-18(21)19(17)24-14-15-4-2-1-3-5-15/h1-6,12-13,22H,7-11,14H2. The van der Waals surface area contributed by atoms with Crippen LogP contribution in [0.2, 0.25) is 0 Å². The summed E-state index contributed by atoms with van der Waals surface area (Å²) in [4.78, 5) is 2.46. The summed E-state index contributed by atoms with van der Waals surface area (Å²) in [6.07, 6.45) is 2.27. The lowest BCUT2D eigenvalue weighted by Gasteiger charge is -2.27. The molecule has 1 radical (unpaired) electrons. The summed E-state index contributed by atoms with van der Waals surface area (Å²) in [6.45, 7) is 5.90. The van der Waals surface area contributed by atoms with Crippen molar-refractivity contribution in [2.45, 2.75) is 6.61 Å². The van der Waals surface area contributed by atoms with Crippen molar-refractivity contribution >= 4 is 31.9 Å². The molecule has 24 heavy (non-hydrogen) atoms. The molecule has 0 aromatic heterocycles. The molecule has 0 bridgehead atoms. The normalized spacial score (nSPS) is 15.4. The molecule has 0 spiro atoms. The van der Waals surface area contributed by atoms with Crippen molar-refractivity contribution < 1.29 is 4.74 Å². The Labute approximate surface area is 160 Å². The van der Waals surface area contributed by atoms with E-state index >= 15 is 0 Å². The van der Waals surface area contributed by atoms with Crippen molar-refractivity contribution in [2.75, 3.05) is 32.7 Å². The topological polar surface area (TPSA) is 24.5 Å². The Morgan fingerprint density at radius 1 is 1.04 bits per heavy atom. The Kier molecular flexibility index (Phi) is 6.72. The fourth-order valence-corrected chi connectivity index (χ4v) is 4.14. The van der Waals surface area contributed by atoms with Gasteiger partial charge in [-0.15, -0.1) is 0 Å². The van der Waals surface area contributed by atoms with Crippen LogP contribution in [-0.2, 0) is 6.61 Å². The van der Waals surface area contributed by atoms with E-state index in [1.165, 1.54) is 5.56 Å². The third-order valence-corrected chi connectivity index (χ3v) is 5.22. The number of hydrogen-bond donors (Lipinski definition) is 1. The van der Waals surface area contributed by atoms with Gasteiger partial charge in [0, 0.05) is 39.1 Å². The van der Waals surface area contributed by atoms with Crippen molar-refractivity contribution in [1.82, 2.24) is 10.2 Å². The van der Waals surface area contributed by atoms with E-state index in [4.69, 9.17) is 4.74 Å². The summed E-state index contributed by atoms with van der Waals surface area (Å²) in [5.41, 5.74) is 2.35. The number of nitrogens with one attached hydrogen (secondary N) is 1. The molecule has 5 heteroatoms. The Balaban J connectivity index is 1.60. The molecule has 2 aromatic rings. The van der Waals surface area contributed by atoms with Crippen molar-refractivity contribution in [1.29, 1.82) is 0 Å². The first-order valence-corrected chi connectivity index (χ1v) is 9.73. The van der Waals surface area contributed by atoms with Crippen LogP contribution in [0.15, 0.2) is 51.4 Å². The first-order chi connectivity index (χ1) is 11.7. The second-order valence-corrected chi connectivity index (χ2v) is 7.55. The van der Waals surface area contributed by atoms with Gasteiger partial charge in [-0.3, -0.25) is 0 Å². The molecule has 0 saturated carbocycles.